The first-order valence-corrected chi connectivity index (χ1v) is 6.10. The number of hydrogen-bond donors (Lipinski definition) is 0. The van der Waals surface area contributed by atoms with Gasteiger partial charge < -0.3 is 0 Å². The summed E-state index contributed by atoms with van der Waals surface area (Å²) in [5, 5.41) is 2.86. The number of halogens is 1. The van der Waals surface area contributed by atoms with E-state index < -0.39 is 0 Å². The van der Waals surface area contributed by atoms with Gasteiger partial charge in [0.15, 0.2) is 5.82 Å². The Bertz CT molecular complexity index is 702. The lowest BCUT2D eigenvalue weighted by molar-refractivity contribution is 1.11. The van der Waals surface area contributed by atoms with Crippen molar-refractivity contribution in [3.63, 3.8) is 0 Å². The van der Waals surface area contributed by atoms with Crippen molar-refractivity contribution in [3.05, 3.63) is 59.4 Å². The van der Waals surface area contributed by atoms with Gasteiger partial charge in [0.25, 0.3) is 0 Å². The van der Waals surface area contributed by atoms with Crippen LogP contribution < -0.4 is 0 Å². The predicted molar refractivity (Wildman–Crippen MR) is 74.7 cm³/mol. The standard InChI is InChI=1S/C15H11ClN2/c1-10-8-14(16)18-15(17-10)13-7-6-11-4-2-3-5-12(11)9-13/h2-9H,1H3. The normalized spacial score (nSPS) is 10.8. The number of fused-ring (bicyclic) bond motifs is 1. The molecule has 0 atom stereocenters. The van der Waals surface area contributed by atoms with Gasteiger partial charge in [0, 0.05) is 11.3 Å². The molecule has 18 heavy (non-hydrogen) atoms. The van der Waals surface area contributed by atoms with Gasteiger partial charge in [-0.15, -0.1) is 0 Å². The quantitative estimate of drug-likeness (QED) is 0.607. The lowest BCUT2D eigenvalue weighted by Crippen LogP contribution is -1.92. The summed E-state index contributed by atoms with van der Waals surface area (Å²) >= 11 is 5.97. The van der Waals surface area contributed by atoms with Crippen LogP contribution in [-0.2, 0) is 0 Å². The minimum atomic E-state index is 0.477. The Labute approximate surface area is 110 Å². The Kier molecular flexibility index (Phi) is 2.73. The summed E-state index contributed by atoms with van der Waals surface area (Å²) in [6.45, 7) is 1.91. The van der Waals surface area contributed by atoms with Gasteiger partial charge in [0.2, 0.25) is 0 Å². The number of aromatic nitrogens is 2. The molecule has 0 spiro atoms. The molecule has 0 saturated carbocycles. The maximum Gasteiger partial charge on any atom is 0.161 e. The molecule has 0 aliphatic heterocycles. The summed E-state index contributed by atoms with van der Waals surface area (Å²) in [5.74, 6) is 0.672. The molecule has 0 amide bonds. The van der Waals surface area contributed by atoms with Gasteiger partial charge >= 0.3 is 0 Å². The number of benzene rings is 2. The van der Waals surface area contributed by atoms with E-state index in [9.17, 15) is 0 Å². The van der Waals surface area contributed by atoms with Crippen LogP contribution in [0.3, 0.4) is 0 Å². The first kappa shape index (κ1) is 11.2. The molecule has 2 nitrogen and oxygen atoms in total. The van der Waals surface area contributed by atoms with E-state index in [1.54, 1.807) is 6.07 Å². The van der Waals surface area contributed by atoms with E-state index in [4.69, 9.17) is 11.6 Å². The molecule has 0 fully saturated rings. The maximum absolute atomic E-state index is 5.97. The maximum atomic E-state index is 5.97. The zero-order chi connectivity index (χ0) is 12.5. The third-order valence-electron chi connectivity index (χ3n) is 2.83. The van der Waals surface area contributed by atoms with Crippen molar-refractivity contribution in [3.8, 4) is 11.4 Å². The molecule has 0 radical (unpaired) electrons. The molecule has 0 bridgehead atoms. The predicted octanol–water partition coefficient (Wildman–Crippen LogP) is 4.26. The minimum Gasteiger partial charge on any atom is -0.233 e. The van der Waals surface area contributed by atoms with Crippen LogP contribution in [0.5, 0.6) is 0 Å². The molecule has 0 aliphatic carbocycles. The van der Waals surface area contributed by atoms with Crippen molar-refractivity contribution in [2.75, 3.05) is 0 Å². The number of aryl methyl sites for hydroxylation is 1. The van der Waals surface area contributed by atoms with E-state index in [0.29, 0.717) is 11.0 Å². The molecule has 0 N–H and O–H groups in total. The summed E-state index contributed by atoms with van der Waals surface area (Å²) in [6, 6.07) is 16.2. The highest BCUT2D eigenvalue weighted by Crippen LogP contribution is 2.23. The van der Waals surface area contributed by atoms with Gasteiger partial charge in [-0.25, -0.2) is 9.97 Å². The van der Waals surface area contributed by atoms with E-state index in [-0.39, 0.29) is 0 Å². The Hall–Kier alpha value is -1.93. The molecule has 0 saturated heterocycles. The highest BCUT2D eigenvalue weighted by Gasteiger charge is 2.04. The van der Waals surface area contributed by atoms with E-state index in [1.165, 1.54) is 10.8 Å². The van der Waals surface area contributed by atoms with Crippen LogP contribution >= 0.6 is 11.6 Å². The smallest absolute Gasteiger partial charge is 0.161 e. The second-order valence-electron chi connectivity index (χ2n) is 4.22. The van der Waals surface area contributed by atoms with E-state index >= 15 is 0 Å². The third-order valence-corrected chi connectivity index (χ3v) is 3.02. The first-order chi connectivity index (χ1) is 8.72. The molecule has 3 aromatic rings. The van der Waals surface area contributed by atoms with Crippen LogP contribution in [-0.4, -0.2) is 9.97 Å². The summed E-state index contributed by atoms with van der Waals surface area (Å²) in [6.07, 6.45) is 0. The Balaban J connectivity index is 2.19. The molecule has 0 unspecified atom stereocenters. The van der Waals surface area contributed by atoms with Gasteiger partial charge in [-0.1, -0.05) is 48.0 Å². The molecular formula is C15H11ClN2. The van der Waals surface area contributed by atoms with E-state index in [0.717, 1.165) is 11.3 Å². The number of rotatable bonds is 1. The van der Waals surface area contributed by atoms with Crippen LogP contribution in [0.25, 0.3) is 22.2 Å². The van der Waals surface area contributed by atoms with Gasteiger partial charge in [-0.2, -0.15) is 0 Å². The van der Waals surface area contributed by atoms with Crippen LogP contribution in [0.1, 0.15) is 5.69 Å². The van der Waals surface area contributed by atoms with Gasteiger partial charge in [0.1, 0.15) is 5.15 Å². The van der Waals surface area contributed by atoms with Crippen LogP contribution in [0.15, 0.2) is 48.5 Å². The molecule has 1 heterocycles. The third kappa shape index (κ3) is 2.07. The van der Waals surface area contributed by atoms with Gasteiger partial charge in [-0.05, 0) is 29.8 Å². The zero-order valence-electron chi connectivity index (χ0n) is 9.89. The van der Waals surface area contributed by atoms with Gasteiger partial charge in [0.05, 0.1) is 0 Å². The van der Waals surface area contributed by atoms with Crippen molar-refractivity contribution in [1.29, 1.82) is 0 Å². The summed E-state index contributed by atoms with van der Waals surface area (Å²) in [5.41, 5.74) is 1.86. The van der Waals surface area contributed by atoms with Crippen molar-refractivity contribution in [1.82, 2.24) is 9.97 Å². The molecule has 88 valence electrons. The average molecular weight is 255 g/mol. The SMILES string of the molecule is Cc1cc(Cl)nc(-c2ccc3ccccc3c2)n1. The van der Waals surface area contributed by atoms with Crippen molar-refractivity contribution in [2.45, 2.75) is 6.92 Å². The van der Waals surface area contributed by atoms with Crippen LogP contribution in [0, 0.1) is 6.92 Å². The van der Waals surface area contributed by atoms with E-state index in [1.807, 2.05) is 25.1 Å². The number of hydrogen-bond acceptors (Lipinski definition) is 2. The molecule has 3 heteroatoms. The lowest BCUT2D eigenvalue weighted by Gasteiger charge is -2.04. The second-order valence-corrected chi connectivity index (χ2v) is 4.60. The second kappa shape index (κ2) is 4.39. The Morgan fingerprint density at radius 3 is 2.44 bits per heavy atom. The minimum absolute atomic E-state index is 0.477. The van der Waals surface area contributed by atoms with Crippen LogP contribution in [0.2, 0.25) is 5.15 Å². The summed E-state index contributed by atoms with van der Waals surface area (Å²) in [7, 11) is 0. The first-order valence-electron chi connectivity index (χ1n) is 5.73. The summed E-state index contributed by atoms with van der Waals surface area (Å²) in [4.78, 5) is 8.68. The Morgan fingerprint density at radius 2 is 1.67 bits per heavy atom. The van der Waals surface area contributed by atoms with Gasteiger partial charge in [-0.3, -0.25) is 0 Å². The van der Waals surface area contributed by atoms with Crippen molar-refractivity contribution < 1.29 is 0 Å². The molecule has 1 aromatic heterocycles. The number of nitrogens with zero attached hydrogens (tertiary/aromatic N) is 2. The molecule has 0 aliphatic rings. The molecular weight excluding hydrogens is 244 g/mol. The fourth-order valence-corrected chi connectivity index (χ4v) is 2.23. The van der Waals surface area contributed by atoms with E-state index in [2.05, 4.69) is 34.2 Å². The highest BCUT2D eigenvalue weighted by molar-refractivity contribution is 6.29. The van der Waals surface area contributed by atoms with Crippen molar-refractivity contribution in [2.24, 2.45) is 0 Å². The van der Waals surface area contributed by atoms with Crippen molar-refractivity contribution >= 4 is 22.4 Å². The zero-order valence-corrected chi connectivity index (χ0v) is 10.6. The molecule has 3 rings (SSSR count). The van der Waals surface area contributed by atoms with Crippen LogP contribution in [0.4, 0.5) is 0 Å². The largest absolute Gasteiger partial charge is 0.233 e. The fraction of sp³-hybridized carbons (Fsp3) is 0.0667. The molecule has 2 aromatic carbocycles. The average Bonchev–Trinajstić information content (AvgIpc) is 2.37. The highest BCUT2D eigenvalue weighted by atomic mass is 35.5. The topological polar surface area (TPSA) is 25.8 Å². The summed E-state index contributed by atoms with van der Waals surface area (Å²) < 4.78 is 0. The lowest BCUT2D eigenvalue weighted by atomic mass is 10.1. The monoisotopic (exact) mass is 254 g/mol. The Morgan fingerprint density at radius 1 is 0.889 bits per heavy atom. The fourth-order valence-electron chi connectivity index (χ4n) is 1.99.